The van der Waals surface area contributed by atoms with Gasteiger partial charge >= 0.3 is 0 Å². The van der Waals surface area contributed by atoms with Gasteiger partial charge in [-0.3, -0.25) is 0 Å². The van der Waals surface area contributed by atoms with Gasteiger partial charge in [0.15, 0.2) is 19.7 Å². The lowest BCUT2D eigenvalue weighted by molar-refractivity contribution is 0.269. The number of unbranched alkanes of at least 4 members (excludes halogenated alkanes) is 2. The minimum Gasteiger partial charge on any atom is -0.301 e. The van der Waals surface area contributed by atoms with E-state index in [-0.39, 0.29) is 0 Å². The van der Waals surface area contributed by atoms with E-state index in [1.54, 1.807) is 0 Å². The summed E-state index contributed by atoms with van der Waals surface area (Å²) in [6, 6.07) is 0. The Labute approximate surface area is 128 Å². The van der Waals surface area contributed by atoms with E-state index in [1.807, 2.05) is 0 Å². The Morgan fingerprint density at radius 2 is 0.905 bits per heavy atom. The number of hydrogen-bond acceptors (Lipinski definition) is 6. The van der Waals surface area contributed by atoms with Crippen molar-refractivity contribution in [3.63, 3.8) is 0 Å². The summed E-state index contributed by atoms with van der Waals surface area (Å²) in [6.45, 7) is 4.64. The minimum atomic E-state index is -2.77. The summed E-state index contributed by atoms with van der Waals surface area (Å²) in [7, 11) is -5.54. The molecule has 0 saturated carbocycles. The van der Waals surface area contributed by atoms with Gasteiger partial charge in [0.2, 0.25) is 0 Å². The van der Waals surface area contributed by atoms with Crippen LogP contribution in [0.5, 0.6) is 0 Å². The molecule has 0 spiro atoms. The van der Waals surface area contributed by atoms with Gasteiger partial charge in [-0.15, -0.1) is 0 Å². The lowest BCUT2D eigenvalue weighted by Gasteiger charge is -2.27. The fraction of sp³-hybridized carbons (Fsp3) is 1.00. The Morgan fingerprint density at radius 1 is 0.571 bits per heavy atom. The maximum atomic E-state index is 11.3. The average molecular weight is 338 g/mol. The van der Waals surface area contributed by atoms with Crippen LogP contribution in [-0.4, -0.2) is 88.9 Å². The molecule has 2 aliphatic heterocycles. The highest BCUT2D eigenvalue weighted by Crippen LogP contribution is 2.08. The second-order valence-corrected chi connectivity index (χ2v) is 10.7. The van der Waals surface area contributed by atoms with Crippen LogP contribution in [0, 0.1) is 0 Å². The maximum absolute atomic E-state index is 11.3. The smallest absolute Gasteiger partial charge is 0.152 e. The van der Waals surface area contributed by atoms with Gasteiger partial charge in [0.1, 0.15) is 0 Å². The first-order valence-corrected chi connectivity index (χ1v) is 11.4. The fourth-order valence-corrected chi connectivity index (χ4v) is 5.35. The van der Waals surface area contributed by atoms with Gasteiger partial charge in [-0.2, -0.15) is 0 Å². The Kier molecular flexibility index (Phi) is 6.05. The van der Waals surface area contributed by atoms with Crippen LogP contribution in [0.3, 0.4) is 0 Å². The molecule has 0 atom stereocenters. The number of nitrogens with zero attached hydrogens (tertiary/aromatic N) is 2. The molecule has 2 heterocycles. The zero-order valence-corrected chi connectivity index (χ0v) is 14.2. The molecule has 2 fully saturated rings. The van der Waals surface area contributed by atoms with Crippen LogP contribution >= 0.6 is 0 Å². The highest BCUT2D eigenvalue weighted by atomic mass is 32.2. The maximum Gasteiger partial charge on any atom is 0.152 e. The van der Waals surface area contributed by atoms with Gasteiger partial charge in [0.05, 0.1) is 23.0 Å². The molecule has 0 bridgehead atoms. The number of rotatable bonds is 6. The Hall–Kier alpha value is -0.180. The van der Waals surface area contributed by atoms with E-state index < -0.39 is 19.7 Å². The van der Waals surface area contributed by atoms with E-state index >= 15 is 0 Å². The summed E-state index contributed by atoms with van der Waals surface area (Å²) in [5.74, 6) is 1.20. The Morgan fingerprint density at radius 3 is 1.24 bits per heavy atom. The highest BCUT2D eigenvalue weighted by Gasteiger charge is 2.22. The summed E-state index contributed by atoms with van der Waals surface area (Å²) >= 11 is 0. The molecule has 6 nitrogen and oxygen atoms in total. The first-order chi connectivity index (χ1) is 9.86. The zero-order valence-electron chi connectivity index (χ0n) is 12.5. The monoisotopic (exact) mass is 338 g/mol. The van der Waals surface area contributed by atoms with Gasteiger partial charge in [-0.1, -0.05) is 6.42 Å². The van der Waals surface area contributed by atoms with E-state index in [0.29, 0.717) is 49.2 Å². The van der Waals surface area contributed by atoms with Crippen LogP contribution in [0.4, 0.5) is 0 Å². The van der Waals surface area contributed by atoms with E-state index in [2.05, 4.69) is 9.80 Å². The molecule has 21 heavy (non-hydrogen) atoms. The van der Waals surface area contributed by atoms with Gasteiger partial charge in [0.25, 0.3) is 0 Å². The first-order valence-electron chi connectivity index (χ1n) is 7.72. The molecule has 2 rings (SSSR count). The topological polar surface area (TPSA) is 74.8 Å². The van der Waals surface area contributed by atoms with Crippen LogP contribution < -0.4 is 0 Å². The largest absolute Gasteiger partial charge is 0.301 e. The molecule has 2 saturated heterocycles. The molecule has 0 unspecified atom stereocenters. The van der Waals surface area contributed by atoms with Crippen molar-refractivity contribution in [1.29, 1.82) is 0 Å². The van der Waals surface area contributed by atoms with Gasteiger partial charge in [-0.25, -0.2) is 16.8 Å². The lowest BCUT2D eigenvalue weighted by Crippen LogP contribution is -2.41. The van der Waals surface area contributed by atoms with E-state index in [1.165, 1.54) is 0 Å². The molecule has 0 aromatic heterocycles. The summed E-state index contributed by atoms with van der Waals surface area (Å²) in [5.41, 5.74) is 0. The minimum absolute atomic E-state index is 0.301. The second-order valence-electron chi connectivity index (χ2n) is 6.05. The first kappa shape index (κ1) is 17.2. The molecular weight excluding hydrogens is 312 g/mol. The summed E-state index contributed by atoms with van der Waals surface area (Å²) in [4.78, 5) is 4.46. The molecule has 8 heteroatoms. The molecule has 124 valence electrons. The molecule has 0 amide bonds. The quantitative estimate of drug-likeness (QED) is 0.615. The van der Waals surface area contributed by atoms with Crippen LogP contribution in [0.25, 0.3) is 0 Å². The Bertz CT molecular complexity index is 454. The molecule has 0 aliphatic carbocycles. The predicted molar refractivity (Wildman–Crippen MR) is 84.0 cm³/mol. The van der Waals surface area contributed by atoms with Crippen molar-refractivity contribution < 1.29 is 16.8 Å². The summed E-state index contributed by atoms with van der Waals surface area (Å²) < 4.78 is 45.3. The van der Waals surface area contributed by atoms with Crippen molar-refractivity contribution >= 4 is 19.7 Å². The Balaban J connectivity index is 1.51. The summed E-state index contributed by atoms with van der Waals surface area (Å²) in [6.07, 6.45) is 3.30. The number of sulfone groups is 2. The lowest BCUT2D eigenvalue weighted by atomic mass is 10.2. The average Bonchev–Trinajstić information content (AvgIpc) is 2.42. The van der Waals surface area contributed by atoms with Crippen LogP contribution in [0.1, 0.15) is 19.3 Å². The third-order valence-electron chi connectivity index (χ3n) is 4.32. The van der Waals surface area contributed by atoms with E-state index in [9.17, 15) is 16.8 Å². The zero-order chi connectivity index (χ0) is 15.3. The van der Waals surface area contributed by atoms with Gasteiger partial charge in [-0.05, 0) is 25.9 Å². The third kappa shape index (κ3) is 6.22. The molecule has 0 radical (unpaired) electrons. The third-order valence-corrected chi connectivity index (χ3v) is 7.54. The van der Waals surface area contributed by atoms with Crippen molar-refractivity contribution in [3.05, 3.63) is 0 Å². The van der Waals surface area contributed by atoms with Crippen LogP contribution in [0.2, 0.25) is 0 Å². The standard InChI is InChI=1S/C13H26N2O4S2/c16-20(17)10-6-14(7-11-20)4-2-1-3-5-15-8-12-21(18,19)13-9-15/h1-13H2. The van der Waals surface area contributed by atoms with E-state index in [4.69, 9.17) is 0 Å². The van der Waals surface area contributed by atoms with Crippen LogP contribution in [-0.2, 0) is 19.7 Å². The SMILES string of the molecule is O=S1(=O)CCN(CCCCCN2CCS(=O)(=O)CC2)CC1. The molecule has 0 aromatic carbocycles. The van der Waals surface area contributed by atoms with Crippen molar-refractivity contribution in [2.45, 2.75) is 19.3 Å². The molecular formula is C13H26N2O4S2. The van der Waals surface area contributed by atoms with Crippen molar-refractivity contribution in [2.24, 2.45) is 0 Å². The van der Waals surface area contributed by atoms with Crippen molar-refractivity contribution in [1.82, 2.24) is 9.80 Å². The van der Waals surface area contributed by atoms with Crippen LogP contribution in [0.15, 0.2) is 0 Å². The van der Waals surface area contributed by atoms with Crippen molar-refractivity contribution in [2.75, 3.05) is 62.3 Å². The van der Waals surface area contributed by atoms with E-state index in [0.717, 1.165) is 32.4 Å². The molecule has 2 aliphatic rings. The fourth-order valence-electron chi connectivity index (χ4n) is 2.80. The molecule has 0 N–H and O–H groups in total. The predicted octanol–water partition coefficient (Wildman–Crippen LogP) is -0.382. The normalized spacial score (nSPS) is 26.7. The highest BCUT2D eigenvalue weighted by molar-refractivity contribution is 7.91. The van der Waals surface area contributed by atoms with Gasteiger partial charge < -0.3 is 9.80 Å². The number of hydrogen-bond donors (Lipinski definition) is 0. The second kappa shape index (κ2) is 7.39. The van der Waals surface area contributed by atoms with Gasteiger partial charge in [0, 0.05) is 26.2 Å². The summed E-state index contributed by atoms with van der Waals surface area (Å²) in [5, 5.41) is 0. The van der Waals surface area contributed by atoms with Crippen molar-refractivity contribution in [3.8, 4) is 0 Å². The molecule has 0 aromatic rings.